The second-order valence-electron chi connectivity index (χ2n) is 7.25. The molecule has 156 valence electrons. The number of aromatic nitrogens is 1. The summed E-state index contributed by atoms with van der Waals surface area (Å²) < 4.78 is 1.13. The van der Waals surface area contributed by atoms with Crippen LogP contribution in [-0.2, 0) is 0 Å². The minimum atomic E-state index is -0.209. The molecule has 0 aliphatic carbocycles. The first-order valence-electron chi connectivity index (χ1n) is 9.92. The van der Waals surface area contributed by atoms with Crippen LogP contribution in [0.15, 0.2) is 60.7 Å². The lowest BCUT2D eigenvalue weighted by Gasteiger charge is -2.34. The molecule has 1 saturated heterocycles. The Labute approximate surface area is 187 Å². The number of thiophene rings is 1. The van der Waals surface area contributed by atoms with Gasteiger partial charge in [0.1, 0.15) is 10.8 Å². The van der Waals surface area contributed by atoms with Crippen molar-refractivity contribution in [2.45, 2.75) is 0 Å². The highest BCUT2D eigenvalue weighted by Crippen LogP contribution is 2.34. The van der Waals surface area contributed by atoms with Crippen LogP contribution in [0, 0.1) is 0 Å². The molecule has 5 rings (SSSR count). The van der Waals surface area contributed by atoms with E-state index in [1.807, 2.05) is 36.4 Å². The third kappa shape index (κ3) is 3.80. The van der Waals surface area contributed by atoms with Gasteiger partial charge in [-0.15, -0.1) is 22.7 Å². The Bertz CT molecular complexity index is 1240. The summed E-state index contributed by atoms with van der Waals surface area (Å²) >= 11 is 3.08. The summed E-state index contributed by atoms with van der Waals surface area (Å²) in [6, 6.07) is 18.4. The number of para-hydroxylation sites is 2. The molecule has 1 aliphatic rings. The fourth-order valence-electron chi connectivity index (χ4n) is 3.64. The maximum absolute atomic E-state index is 13.0. The molecule has 0 atom stereocenters. The number of rotatable bonds is 3. The summed E-state index contributed by atoms with van der Waals surface area (Å²) in [5.74, 6) is -0.251. The molecule has 0 spiro atoms. The Kier molecular flexibility index (Phi) is 5.17. The van der Waals surface area contributed by atoms with Crippen LogP contribution in [0.3, 0.4) is 0 Å². The van der Waals surface area contributed by atoms with Crippen molar-refractivity contribution in [3.05, 3.63) is 71.1 Å². The van der Waals surface area contributed by atoms with E-state index in [9.17, 15) is 14.7 Å². The summed E-state index contributed by atoms with van der Waals surface area (Å²) in [7, 11) is 0. The van der Waals surface area contributed by atoms with Gasteiger partial charge in [-0.3, -0.25) is 9.59 Å². The van der Waals surface area contributed by atoms with E-state index in [2.05, 4.69) is 4.98 Å². The number of hydrogen-bond acceptors (Lipinski definition) is 6. The largest absolute Gasteiger partial charge is 0.507 e. The smallest absolute Gasteiger partial charge is 0.264 e. The number of benzene rings is 2. The summed E-state index contributed by atoms with van der Waals surface area (Å²) in [6.45, 7) is 1.81. The molecular formula is C23H19N3O3S2. The molecule has 6 nitrogen and oxygen atoms in total. The van der Waals surface area contributed by atoms with Crippen LogP contribution in [0.1, 0.15) is 20.0 Å². The quantitative estimate of drug-likeness (QED) is 0.505. The molecule has 8 heteroatoms. The van der Waals surface area contributed by atoms with E-state index in [-0.39, 0.29) is 17.6 Å². The maximum atomic E-state index is 13.0. The van der Waals surface area contributed by atoms with Crippen LogP contribution in [0.2, 0.25) is 0 Å². The third-order valence-electron chi connectivity index (χ3n) is 5.31. The molecule has 2 amide bonds. The van der Waals surface area contributed by atoms with Crippen molar-refractivity contribution in [3.8, 4) is 15.6 Å². The normalized spacial score (nSPS) is 14.2. The summed E-state index contributed by atoms with van der Waals surface area (Å²) in [4.78, 5) is 35.4. The first kappa shape index (κ1) is 19.7. The minimum Gasteiger partial charge on any atom is -0.507 e. The van der Waals surface area contributed by atoms with Crippen molar-refractivity contribution < 1.29 is 14.7 Å². The first-order valence-corrected chi connectivity index (χ1v) is 11.6. The minimum absolute atomic E-state index is 0.0213. The van der Waals surface area contributed by atoms with Gasteiger partial charge in [-0.05, 0) is 36.4 Å². The van der Waals surface area contributed by atoms with Gasteiger partial charge in [0, 0.05) is 26.2 Å². The second-order valence-corrected chi connectivity index (χ2v) is 9.37. The Hall–Kier alpha value is -3.23. The number of carbonyl (C=O) groups is 2. The number of phenolic OH excluding ortho intramolecular Hbond substituents is 1. The zero-order valence-electron chi connectivity index (χ0n) is 16.5. The number of phenols is 1. The molecule has 0 saturated carbocycles. The Morgan fingerprint density at radius 1 is 0.806 bits per heavy atom. The van der Waals surface area contributed by atoms with Gasteiger partial charge in [-0.1, -0.05) is 24.3 Å². The van der Waals surface area contributed by atoms with Crippen molar-refractivity contribution in [1.29, 1.82) is 0 Å². The van der Waals surface area contributed by atoms with E-state index in [0.29, 0.717) is 36.6 Å². The van der Waals surface area contributed by atoms with Crippen molar-refractivity contribution in [2.24, 2.45) is 0 Å². The summed E-state index contributed by atoms with van der Waals surface area (Å²) in [5.41, 5.74) is 1.26. The standard InChI is InChI=1S/C23H19N3O3S2/c27-17-7-3-1-5-15(17)22(28)25-11-13-26(14-12-25)23(29)20-10-9-19(30-20)21-24-16-6-2-4-8-18(16)31-21/h1-10,27H,11-14H2. The van der Waals surface area contributed by atoms with Crippen LogP contribution in [0.5, 0.6) is 5.75 Å². The Morgan fingerprint density at radius 3 is 2.23 bits per heavy atom. The van der Waals surface area contributed by atoms with E-state index >= 15 is 0 Å². The summed E-state index contributed by atoms with van der Waals surface area (Å²) in [5, 5.41) is 10.8. The van der Waals surface area contributed by atoms with Crippen molar-refractivity contribution in [2.75, 3.05) is 26.2 Å². The fraction of sp³-hybridized carbons (Fsp3) is 0.174. The van der Waals surface area contributed by atoms with Gasteiger partial charge in [0.05, 0.1) is 25.5 Å². The molecule has 31 heavy (non-hydrogen) atoms. The lowest BCUT2D eigenvalue weighted by Crippen LogP contribution is -2.50. The van der Waals surface area contributed by atoms with Crippen molar-refractivity contribution in [3.63, 3.8) is 0 Å². The Balaban J connectivity index is 1.26. The van der Waals surface area contributed by atoms with Crippen LogP contribution in [0.4, 0.5) is 0 Å². The fourth-order valence-corrected chi connectivity index (χ4v) is 5.63. The zero-order chi connectivity index (χ0) is 21.4. The van der Waals surface area contributed by atoms with Crippen LogP contribution < -0.4 is 0 Å². The molecule has 4 aromatic rings. The number of carbonyl (C=O) groups excluding carboxylic acids is 2. The number of hydrogen-bond donors (Lipinski definition) is 1. The molecule has 2 aromatic heterocycles. The number of nitrogens with zero attached hydrogens (tertiary/aromatic N) is 3. The molecule has 0 radical (unpaired) electrons. The van der Waals surface area contributed by atoms with Gasteiger partial charge in [0.2, 0.25) is 0 Å². The van der Waals surface area contributed by atoms with Crippen LogP contribution in [0.25, 0.3) is 20.1 Å². The Morgan fingerprint density at radius 2 is 1.48 bits per heavy atom. The molecule has 2 aromatic carbocycles. The highest BCUT2D eigenvalue weighted by atomic mass is 32.1. The van der Waals surface area contributed by atoms with Crippen molar-refractivity contribution in [1.82, 2.24) is 14.8 Å². The van der Waals surface area contributed by atoms with Gasteiger partial charge < -0.3 is 14.9 Å². The van der Waals surface area contributed by atoms with Crippen LogP contribution >= 0.6 is 22.7 Å². The number of piperazine rings is 1. The molecule has 1 fully saturated rings. The summed E-state index contributed by atoms with van der Waals surface area (Å²) in [6.07, 6.45) is 0. The van der Waals surface area contributed by atoms with E-state index < -0.39 is 0 Å². The maximum Gasteiger partial charge on any atom is 0.264 e. The van der Waals surface area contributed by atoms with Gasteiger partial charge >= 0.3 is 0 Å². The zero-order valence-corrected chi connectivity index (χ0v) is 18.2. The SMILES string of the molecule is O=C(c1ccc(-c2nc3ccccc3s2)s1)N1CCN(C(=O)c2ccccc2O)CC1. The average Bonchev–Trinajstić information content (AvgIpc) is 3.46. The average molecular weight is 450 g/mol. The molecule has 0 bridgehead atoms. The predicted molar refractivity (Wildman–Crippen MR) is 123 cm³/mol. The molecule has 3 heterocycles. The van der Waals surface area contributed by atoms with Gasteiger partial charge in [0.15, 0.2) is 0 Å². The van der Waals surface area contributed by atoms with E-state index in [0.717, 1.165) is 20.1 Å². The third-order valence-corrected chi connectivity index (χ3v) is 7.59. The van der Waals surface area contributed by atoms with Gasteiger partial charge in [-0.2, -0.15) is 0 Å². The lowest BCUT2D eigenvalue weighted by atomic mass is 10.1. The molecule has 1 aliphatic heterocycles. The number of aromatic hydroxyl groups is 1. The highest BCUT2D eigenvalue weighted by molar-refractivity contribution is 7.26. The molecule has 0 unspecified atom stereocenters. The number of amides is 2. The van der Waals surface area contributed by atoms with E-state index in [4.69, 9.17) is 0 Å². The van der Waals surface area contributed by atoms with Gasteiger partial charge in [0.25, 0.3) is 11.8 Å². The number of thiazole rings is 1. The number of fused-ring (bicyclic) bond motifs is 1. The van der Waals surface area contributed by atoms with E-state index in [1.54, 1.807) is 39.3 Å². The highest BCUT2D eigenvalue weighted by Gasteiger charge is 2.27. The first-order chi connectivity index (χ1) is 15.1. The predicted octanol–water partition coefficient (Wildman–Crippen LogP) is 4.33. The topological polar surface area (TPSA) is 73.7 Å². The second kappa shape index (κ2) is 8.13. The van der Waals surface area contributed by atoms with Crippen molar-refractivity contribution >= 4 is 44.7 Å². The monoisotopic (exact) mass is 449 g/mol. The molecule has 1 N–H and O–H groups in total. The van der Waals surface area contributed by atoms with Gasteiger partial charge in [-0.25, -0.2) is 4.98 Å². The van der Waals surface area contributed by atoms with Crippen LogP contribution in [-0.4, -0.2) is 57.9 Å². The lowest BCUT2D eigenvalue weighted by molar-refractivity contribution is 0.0536. The molecular weight excluding hydrogens is 430 g/mol. The van der Waals surface area contributed by atoms with E-state index in [1.165, 1.54) is 17.4 Å².